The van der Waals surface area contributed by atoms with Gasteiger partial charge >= 0.3 is 0 Å². The highest BCUT2D eigenvalue weighted by molar-refractivity contribution is 5.28. The third kappa shape index (κ3) is 2.39. The lowest BCUT2D eigenvalue weighted by atomic mass is 9.30. The van der Waals surface area contributed by atoms with E-state index in [1.165, 1.54) is 109 Å². The first kappa shape index (κ1) is 22.4. The van der Waals surface area contributed by atoms with Crippen molar-refractivity contribution >= 4 is 0 Å². The van der Waals surface area contributed by atoms with Gasteiger partial charge in [-0.2, -0.15) is 0 Å². The summed E-state index contributed by atoms with van der Waals surface area (Å²) >= 11 is 0. The van der Waals surface area contributed by atoms with Crippen LogP contribution in [0.5, 0.6) is 0 Å². The Morgan fingerprint density at radius 1 is 0.421 bits per heavy atom. The molecule has 0 aromatic rings. The van der Waals surface area contributed by atoms with Crippen LogP contribution in [0.3, 0.4) is 0 Å². The predicted molar refractivity (Wildman–Crippen MR) is 140 cm³/mol. The van der Waals surface area contributed by atoms with Gasteiger partial charge in [0.05, 0.1) is 0 Å². The van der Waals surface area contributed by atoms with Crippen LogP contribution in [0, 0.1) is 75.4 Å². The number of hydrogen-bond acceptors (Lipinski definition) is 4. The van der Waals surface area contributed by atoms with Crippen LogP contribution in [0.4, 0.5) is 0 Å². The number of hydrogen-bond donors (Lipinski definition) is 0. The zero-order valence-corrected chi connectivity index (χ0v) is 23.3. The molecule has 5 atom stereocenters. The van der Waals surface area contributed by atoms with Crippen molar-refractivity contribution < 1.29 is 19.6 Å². The smallest absolute Gasteiger partial charge is 0.141 e. The van der Waals surface area contributed by atoms with Crippen molar-refractivity contribution in [3.8, 4) is 0 Å². The van der Waals surface area contributed by atoms with Gasteiger partial charge in [0.2, 0.25) is 0 Å². The maximum absolute atomic E-state index is 6.90. The fourth-order valence-electron chi connectivity index (χ4n) is 16.8. The van der Waals surface area contributed by atoms with Gasteiger partial charge in [-0.3, -0.25) is 0 Å². The summed E-state index contributed by atoms with van der Waals surface area (Å²) in [7, 11) is 0. The van der Waals surface area contributed by atoms with Gasteiger partial charge in [-0.1, -0.05) is 0 Å². The van der Waals surface area contributed by atoms with E-state index >= 15 is 0 Å². The van der Waals surface area contributed by atoms with Gasteiger partial charge in [-0.25, -0.2) is 19.6 Å². The fourth-order valence-corrected chi connectivity index (χ4v) is 16.8. The van der Waals surface area contributed by atoms with Gasteiger partial charge in [-0.05, 0) is 162 Å². The molecule has 12 bridgehead atoms. The molecule has 0 aromatic carbocycles. The van der Waals surface area contributed by atoms with E-state index < -0.39 is 0 Å². The van der Waals surface area contributed by atoms with E-state index in [1.54, 1.807) is 0 Å². The molecule has 14 rings (SSSR count). The highest BCUT2D eigenvalue weighted by atomic mass is 17.3. The molecule has 14 fully saturated rings. The summed E-state index contributed by atoms with van der Waals surface area (Å²) in [5.41, 5.74) is 0.830. The van der Waals surface area contributed by atoms with Crippen LogP contribution in [-0.4, -0.2) is 24.4 Å². The lowest BCUT2D eigenvalue weighted by Crippen LogP contribution is -2.82. The van der Waals surface area contributed by atoms with Gasteiger partial charge in [0.1, 0.15) is 24.4 Å². The average molecular weight is 521 g/mol. The molecule has 0 amide bonds. The molecule has 0 aromatic heterocycles. The Morgan fingerprint density at radius 3 is 1.18 bits per heavy atom. The molecule has 12 aliphatic carbocycles. The maximum atomic E-state index is 6.90. The maximum Gasteiger partial charge on any atom is 0.141 e. The van der Waals surface area contributed by atoms with Crippen molar-refractivity contribution in [1.29, 1.82) is 0 Å². The minimum Gasteiger partial charge on any atom is -0.233 e. The standard InChI is InChI=1S/C34H48O4/c1-20-2-22-3-21(1)11-30(10-20,12-22)33(18-35-37-33)29-28-8-26-7-27(9-28)17-32(29,16-26)34(19-36-38-34)31-13-23-4-24(14-31)6-25(5-23)15-31/h20-29H,1-19H2. The highest BCUT2D eigenvalue weighted by Crippen LogP contribution is 2.80. The zero-order valence-electron chi connectivity index (χ0n) is 23.3. The summed E-state index contributed by atoms with van der Waals surface area (Å²) in [6, 6.07) is 0. The van der Waals surface area contributed by atoms with Crippen LogP contribution in [-0.2, 0) is 19.6 Å². The summed E-state index contributed by atoms with van der Waals surface area (Å²) in [6.07, 6.45) is 24.8. The first-order valence-electron chi connectivity index (χ1n) is 17.1. The first-order chi connectivity index (χ1) is 18.5. The Labute approximate surface area is 228 Å². The van der Waals surface area contributed by atoms with E-state index in [2.05, 4.69) is 0 Å². The molecule has 208 valence electrons. The second kappa shape index (κ2) is 6.90. The normalized spacial score (nSPS) is 68.2. The minimum absolute atomic E-state index is 0.0603. The third-order valence-corrected chi connectivity index (χ3v) is 16.4. The summed E-state index contributed by atoms with van der Waals surface area (Å²) in [4.78, 5) is 25.7. The highest BCUT2D eigenvalue weighted by Gasteiger charge is 2.82. The van der Waals surface area contributed by atoms with Gasteiger partial charge in [-0.15, -0.1) is 0 Å². The molecule has 4 nitrogen and oxygen atoms in total. The molecule has 12 saturated carbocycles. The molecule has 5 unspecified atom stereocenters. The predicted octanol–water partition coefficient (Wildman–Crippen LogP) is 7.26. The molecule has 0 radical (unpaired) electrons. The SMILES string of the molecule is C1C2CC3CC1CC(C1(C4C5CC6CC(C5)CC4(C4(C57CC8CC(CC(C8)C5)C7)COO4)C6)COO1)(C2)C3. The summed E-state index contributed by atoms with van der Waals surface area (Å²) in [6.45, 7) is 1.74. The van der Waals surface area contributed by atoms with Crippen LogP contribution >= 0.6 is 0 Å². The fraction of sp³-hybridized carbons (Fsp3) is 1.00. The second-order valence-electron chi connectivity index (χ2n) is 18.0. The van der Waals surface area contributed by atoms with Crippen LogP contribution < -0.4 is 0 Å². The Kier molecular flexibility index (Phi) is 4.07. The molecule has 2 aliphatic heterocycles. The number of rotatable bonds is 4. The molecular weight excluding hydrogens is 472 g/mol. The van der Waals surface area contributed by atoms with Gasteiger partial charge in [0, 0.05) is 22.2 Å². The van der Waals surface area contributed by atoms with Crippen molar-refractivity contribution in [2.75, 3.05) is 13.2 Å². The van der Waals surface area contributed by atoms with Crippen molar-refractivity contribution in [1.82, 2.24) is 0 Å². The average Bonchev–Trinajstić information content (AvgIpc) is 2.76. The van der Waals surface area contributed by atoms with E-state index in [-0.39, 0.29) is 16.6 Å². The molecule has 4 heteroatoms. The Morgan fingerprint density at radius 2 is 0.816 bits per heavy atom. The van der Waals surface area contributed by atoms with Crippen molar-refractivity contribution in [2.45, 2.75) is 120 Å². The zero-order chi connectivity index (χ0) is 24.5. The monoisotopic (exact) mass is 520 g/mol. The molecule has 0 spiro atoms. The third-order valence-electron chi connectivity index (χ3n) is 16.4. The Balaban J connectivity index is 1.09. The molecule has 2 saturated heterocycles. The summed E-state index contributed by atoms with van der Waals surface area (Å²) < 4.78 is 0. The molecular formula is C34H48O4. The Bertz CT molecular complexity index is 970. The van der Waals surface area contributed by atoms with E-state index in [1.807, 2.05) is 0 Å². The van der Waals surface area contributed by atoms with Crippen LogP contribution in [0.25, 0.3) is 0 Å². The molecule has 2 heterocycles. The second-order valence-corrected chi connectivity index (χ2v) is 18.0. The van der Waals surface area contributed by atoms with E-state index in [9.17, 15) is 0 Å². The van der Waals surface area contributed by atoms with Crippen molar-refractivity contribution in [3.05, 3.63) is 0 Å². The largest absolute Gasteiger partial charge is 0.233 e. The Hall–Kier alpha value is -0.160. The molecule has 38 heavy (non-hydrogen) atoms. The summed E-state index contributed by atoms with van der Waals surface area (Å²) in [5.74, 6) is 8.97. The van der Waals surface area contributed by atoms with Crippen LogP contribution in [0.2, 0.25) is 0 Å². The quantitative estimate of drug-likeness (QED) is 0.366. The van der Waals surface area contributed by atoms with Gasteiger partial charge in [0.15, 0.2) is 0 Å². The van der Waals surface area contributed by atoms with E-state index in [0.29, 0.717) is 16.7 Å². The minimum atomic E-state index is -0.0646. The lowest BCUT2D eigenvalue weighted by Gasteiger charge is -2.78. The topological polar surface area (TPSA) is 36.9 Å². The van der Waals surface area contributed by atoms with Gasteiger partial charge in [0.25, 0.3) is 0 Å². The van der Waals surface area contributed by atoms with Crippen molar-refractivity contribution in [2.24, 2.45) is 75.4 Å². The van der Waals surface area contributed by atoms with E-state index in [4.69, 9.17) is 19.6 Å². The molecule has 0 N–H and O–H groups in total. The lowest BCUT2D eigenvalue weighted by molar-refractivity contribution is -0.571. The van der Waals surface area contributed by atoms with E-state index in [0.717, 1.165) is 66.5 Å². The first-order valence-corrected chi connectivity index (χ1v) is 17.1. The molecule has 14 aliphatic rings. The van der Waals surface area contributed by atoms with Crippen LogP contribution in [0.1, 0.15) is 109 Å². The van der Waals surface area contributed by atoms with Crippen LogP contribution in [0.15, 0.2) is 0 Å². The van der Waals surface area contributed by atoms with Gasteiger partial charge < -0.3 is 0 Å². The summed E-state index contributed by atoms with van der Waals surface area (Å²) in [5, 5.41) is 0. The van der Waals surface area contributed by atoms with Crippen molar-refractivity contribution in [3.63, 3.8) is 0 Å².